The Hall–Kier alpha value is -1.14. The third-order valence-corrected chi connectivity index (χ3v) is 2.56. The molecule has 0 amide bonds. The van der Waals surface area contributed by atoms with E-state index in [4.69, 9.17) is 10.2 Å². The highest BCUT2D eigenvalue weighted by Crippen LogP contribution is 2.13. The van der Waals surface area contributed by atoms with E-state index in [1.807, 2.05) is 7.05 Å². The molecule has 0 saturated carbocycles. The highest BCUT2D eigenvalue weighted by Gasteiger charge is 2.28. The van der Waals surface area contributed by atoms with Crippen LogP contribution in [0.2, 0.25) is 0 Å². The second-order valence-corrected chi connectivity index (χ2v) is 3.90. The molecular weight excluding hydrogens is 200 g/mol. The predicted molar refractivity (Wildman–Crippen MR) is 52.7 cm³/mol. The molecule has 2 N–H and O–H groups in total. The normalized spacial score (nSPS) is 22.1. The van der Waals surface area contributed by atoms with Crippen molar-refractivity contribution in [1.29, 1.82) is 0 Å². The van der Waals surface area contributed by atoms with Gasteiger partial charge in [-0.05, 0) is 20.0 Å². The smallest absolute Gasteiger partial charge is 0.317 e. The van der Waals surface area contributed by atoms with Gasteiger partial charge in [-0.2, -0.15) is 0 Å². The molecule has 0 aromatic carbocycles. The third-order valence-electron chi connectivity index (χ3n) is 2.56. The van der Waals surface area contributed by atoms with Crippen molar-refractivity contribution in [2.75, 3.05) is 33.2 Å². The first-order chi connectivity index (χ1) is 6.99. The summed E-state index contributed by atoms with van der Waals surface area (Å²) in [5, 5.41) is 17.3. The van der Waals surface area contributed by atoms with Crippen molar-refractivity contribution in [2.45, 2.75) is 12.5 Å². The average Bonchev–Trinajstić information content (AvgIpc) is 2.48. The first-order valence-corrected chi connectivity index (χ1v) is 4.85. The fourth-order valence-corrected chi connectivity index (χ4v) is 1.87. The van der Waals surface area contributed by atoms with Crippen molar-refractivity contribution in [3.05, 3.63) is 0 Å². The van der Waals surface area contributed by atoms with E-state index >= 15 is 0 Å². The summed E-state index contributed by atoms with van der Waals surface area (Å²) < 4.78 is 0. The minimum Gasteiger partial charge on any atom is -0.480 e. The lowest BCUT2D eigenvalue weighted by molar-refractivity contribution is -0.142. The number of likely N-dealkylation sites (N-methyl/N-ethyl adjacent to an activating group) is 1. The van der Waals surface area contributed by atoms with Gasteiger partial charge in [0.25, 0.3) is 0 Å². The van der Waals surface area contributed by atoms with Gasteiger partial charge in [0.05, 0.1) is 13.1 Å². The standard InChI is InChI=1S/C9H16N2O4/c1-10-3-2-7(4-10)11(5-8(12)13)6-9(14)15/h7H,2-6H2,1H3,(H,12,13)(H,14,15). The zero-order chi connectivity index (χ0) is 11.4. The maximum atomic E-state index is 10.6. The molecule has 1 saturated heterocycles. The van der Waals surface area contributed by atoms with Crippen LogP contribution in [0.1, 0.15) is 6.42 Å². The fourth-order valence-electron chi connectivity index (χ4n) is 1.87. The number of carboxylic acid groups (broad SMARTS) is 2. The third kappa shape index (κ3) is 3.85. The summed E-state index contributed by atoms with van der Waals surface area (Å²) in [4.78, 5) is 24.7. The van der Waals surface area contributed by atoms with Gasteiger partial charge in [-0.3, -0.25) is 14.5 Å². The number of hydrogen-bond donors (Lipinski definition) is 2. The zero-order valence-electron chi connectivity index (χ0n) is 8.72. The fraction of sp³-hybridized carbons (Fsp3) is 0.778. The van der Waals surface area contributed by atoms with Gasteiger partial charge in [-0.15, -0.1) is 0 Å². The largest absolute Gasteiger partial charge is 0.480 e. The Balaban J connectivity index is 2.54. The number of likely N-dealkylation sites (tertiary alicyclic amines) is 1. The van der Waals surface area contributed by atoms with Crippen molar-refractivity contribution >= 4 is 11.9 Å². The van der Waals surface area contributed by atoms with E-state index in [0.717, 1.165) is 19.5 Å². The van der Waals surface area contributed by atoms with Crippen molar-refractivity contribution in [3.63, 3.8) is 0 Å². The number of carboxylic acids is 2. The Labute approximate surface area is 88.1 Å². The van der Waals surface area contributed by atoms with Crippen LogP contribution in [-0.2, 0) is 9.59 Å². The molecule has 1 aliphatic heterocycles. The molecule has 0 aromatic heterocycles. The lowest BCUT2D eigenvalue weighted by atomic mass is 10.2. The molecule has 15 heavy (non-hydrogen) atoms. The van der Waals surface area contributed by atoms with E-state index in [-0.39, 0.29) is 19.1 Å². The molecule has 0 spiro atoms. The molecule has 1 heterocycles. The minimum absolute atomic E-state index is 0.0437. The van der Waals surface area contributed by atoms with Crippen LogP contribution in [0.3, 0.4) is 0 Å². The topological polar surface area (TPSA) is 81.1 Å². The molecule has 0 bridgehead atoms. The summed E-state index contributed by atoms with van der Waals surface area (Å²) in [7, 11) is 1.94. The number of hydrogen-bond acceptors (Lipinski definition) is 4. The van der Waals surface area contributed by atoms with Crippen LogP contribution in [0.15, 0.2) is 0 Å². The lowest BCUT2D eigenvalue weighted by Crippen LogP contribution is -2.43. The minimum atomic E-state index is -0.981. The summed E-state index contributed by atoms with van der Waals surface area (Å²) in [6, 6.07) is 0.0437. The van der Waals surface area contributed by atoms with Crippen LogP contribution in [0.4, 0.5) is 0 Å². The lowest BCUT2D eigenvalue weighted by Gasteiger charge is -2.25. The molecule has 0 radical (unpaired) electrons. The summed E-state index contributed by atoms with van der Waals surface area (Å²) in [6.07, 6.45) is 0.830. The van der Waals surface area contributed by atoms with Gasteiger partial charge < -0.3 is 15.1 Å². The first kappa shape index (κ1) is 11.9. The average molecular weight is 216 g/mol. The number of nitrogens with zero attached hydrogens (tertiary/aromatic N) is 2. The molecule has 6 nitrogen and oxygen atoms in total. The van der Waals surface area contributed by atoms with Gasteiger partial charge in [0.2, 0.25) is 0 Å². The van der Waals surface area contributed by atoms with E-state index in [9.17, 15) is 9.59 Å². The number of rotatable bonds is 5. The second-order valence-electron chi connectivity index (χ2n) is 3.90. The number of carbonyl (C=O) groups is 2. The monoisotopic (exact) mass is 216 g/mol. The van der Waals surface area contributed by atoms with Crippen molar-refractivity contribution < 1.29 is 19.8 Å². The molecule has 6 heteroatoms. The van der Waals surface area contributed by atoms with E-state index in [2.05, 4.69) is 4.90 Å². The van der Waals surface area contributed by atoms with Crippen LogP contribution in [0.25, 0.3) is 0 Å². The Morgan fingerprint density at radius 3 is 2.20 bits per heavy atom. The van der Waals surface area contributed by atoms with Gasteiger partial charge in [0.15, 0.2) is 0 Å². The summed E-state index contributed by atoms with van der Waals surface area (Å²) in [5.74, 6) is -1.96. The summed E-state index contributed by atoms with van der Waals surface area (Å²) >= 11 is 0. The van der Waals surface area contributed by atoms with Gasteiger partial charge in [-0.1, -0.05) is 0 Å². The van der Waals surface area contributed by atoms with Gasteiger partial charge in [-0.25, -0.2) is 0 Å². The maximum Gasteiger partial charge on any atom is 0.317 e. The van der Waals surface area contributed by atoms with Crippen LogP contribution in [0, 0.1) is 0 Å². The van der Waals surface area contributed by atoms with E-state index in [1.54, 1.807) is 0 Å². The Morgan fingerprint density at radius 2 is 1.87 bits per heavy atom. The van der Waals surface area contributed by atoms with Gasteiger partial charge in [0, 0.05) is 12.6 Å². The molecule has 0 aliphatic carbocycles. The van der Waals surface area contributed by atoms with Crippen LogP contribution >= 0.6 is 0 Å². The molecule has 1 aliphatic rings. The number of aliphatic carboxylic acids is 2. The molecule has 1 unspecified atom stereocenters. The molecule has 1 rings (SSSR count). The highest BCUT2D eigenvalue weighted by molar-refractivity contribution is 5.72. The molecule has 1 atom stereocenters. The molecule has 1 fully saturated rings. The van der Waals surface area contributed by atoms with Crippen molar-refractivity contribution in [2.24, 2.45) is 0 Å². The van der Waals surface area contributed by atoms with E-state index in [0.29, 0.717) is 0 Å². The quantitative estimate of drug-likeness (QED) is 0.624. The Kier molecular flexibility index (Phi) is 4.05. The Morgan fingerprint density at radius 1 is 1.33 bits per heavy atom. The molecule has 86 valence electrons. The highest BCUT2D eigenvalue weighted by atomic mass is 16.4. The Bertz CT molecular complexity index is 240. The first-order valence-electron chi connectivity index (χ1n) is 4.85. The molecular formula is C9H16N2O4. The van der Waals surface area contributed by atoms with E-state index < -0.39 is 11.9 Å². The predicted octanol–water partition coefficient (Wildman–Crippen LogP) is -0.838. The van der Waals surface area contributed by atoms with Crippen LogP contribution in [0.5, 0.6) is 0 Å². The van der Waals surface area contributed by atoms with Crippen molar-refractivity contribution in [3.8, 4) is 0 Å². The second kappa shape index (κ2) is 5.09. The van der Waals surface area contributed by atoms with Gasteiger partial charge >= 0.3 is 11.9 Å². The summed E-state index contributed by atoms with van der Waals surface area (Å²) in [5.41, 5.74) is 0. The van der Waals surface area contributed by atoms with Crippen LogP contribution < -0.4 is 0 Å². The van der Waals surface area contributed by atoms with E-state index in [1.165, 1.54) is 4.90 Å². The van der Waals surface area contributed by atoms with Crippen LogP contribution in [-0.4, -0.2) is 71.2 Å². The van der Waals surface area contributed by atoms with Crippen molar-refractivity contribution in [1.82, 2.24) is 9.80 Å². The van der Waals surface area contributed by atoms with Gasteiger partial charge in [0.1, 0.15) is 0 Å². The summed E-state index contributed by atoms with van der Waals surface area (Å²) in [6.45, 7) is 1.22. The molecule has 0 aromatic rings. The zero-order valence-corrected chi connectivity index (χ0v) is 8.72. The maximum absolute atomic E-state index is 10.6. The SMILES string of the molecule is CN1CCC(N(CC(=O)O)CC(=O)O)C1.